The third-order valence-corrected chi connectivity index (χ3v) is 2.87. The number of alkyl halides is 2. The number of rotatable bonds is 5. The van der Waals surface area contributed by atoms with Crippen LogP contribution >= 0.6 is 15.9 Å². The van der Waals surface area contributed by atoms with Gasteiger partial charge in [-0.1, -0.05) is 29.3 Å². The third-order valence-electron chi connectivity index (χ3n) is 2.41. The molecule has 0 bridgehead atoms. The summed E-state index contributed by atoms with van der Waals surface area (Å²) >= 11 is 3.12. The molecule has 2 nitrogen and oxygen atoms in total. The summed E-state index contributed by atoms with van der Waals surface area (Å²) in [5.74, 6) is -5.97. The van der Waals surface area contributed by atoms with E-state index >= 15 is 0 Å². The minimum absolute atomic E-state index is 0.474. The van der Waals surface area contributed by atoms with Gasteiger partial charge >= 0.3 is 11.9 Å². The van der Waals surface area contributed by atoms with Gasteiger partial charge in [0, 0.05) is 10.0 Å². The summed E-state index contributed by atoms with van der Waals surface area (Å²) in [7, 11) is 0. The Balaban J connectivity index is 3.08. The van der Waals surface area contributed by atoms with E-state index in [1.165, 1.54) is 6.07 Å². The summed E-state index contributed by atoms with van der Waals surface area (Å²) in [6.45, 7) is 2.00. The number of halogens is 3. The molecule has 0 radical (unpaired) electrons. The van der Waals surface area contributed by atoms with Gasteiger partial charge in [-0.25, -0.2) is 4.79 Å². The van der Waals surface area contributed by atoms with E-state index in [1.807, 2.05) is 6.92 Å². The van der Waals surface area contributed by atoms with Crippen LogP contribution in [0.1, 0.15) is 30.9 Å². The lowest BCUT2D eigenvalue weighted by Crippen LogP contribution is -2.25. The van der Waals surface area contributed by atoms with Crippen LogP contribution in [0.25, 0.3) is 0 Å². The Kier molecular flexibility index (Phi) is 4.62. The molecule has 5 heteroatoms. The minimum Gasteiger partial charge on any atom is -0.477 e. The van der Waals surface area contributed by atoms with E-state index < -0.39 is 17.5 Å². The minimum atomic E-state index is -3.84. The van der Waals surface area contributed by atoms with Gasteiger partial charge in [-0.05, 0) is 36.6 Å². The van der Waals surface area contributed by atoms with Gasteiger partial charge < -0.3 is 5.11 Å². The fraction of sp³-hybridized carbons (Fsp3) is 0.417. The SMILES string of the molecule is CCCCc1cc(Br)cc(C(F)(F)C(=O)O)c1. The lowest BCUT2D eigenvalue weighted by Gasteiger charge is -2.13. The van der Waals surface area contributed by atoms with E-state index in [1.54, 1.807) is 6.07 Å². The highest BCUT2D eigenvalue weighted by atomic mass is 79.9. The second kappa shape index (κ2) is 5.58. The fourth-order valence-corrected chi connectivity index (χ4v) is 2.02. The molecule has 1 aromatic rings. The zero-order valence-corrected chi connectivity index (χ0v) is 10.9. The predicted octanol–water partition coefficient (Wildman–Crippen LogP) is 3.97. The third kappa shape index (κ3) is 3.49. The van der Waals surface area contributed by atoms with Crippen molar-refractivity contribution in [1.29, 1.82) is 0 Å². The number of hydrogen-bond acceptors (Lipinski definition) is 1. The van der Waals surface area contributed by atoms with E-state index in [0.717, 1.165) is 24.5 Å². The average Bonchev–Trinajstić information content (AvgIpc) is 2.25. The highest BCUT2D eigenvalue weighted by Gasteiger charge is 2.41. The van der Waals surface area contributed by atoms with Crippen molar-refractivity contribution in [3.8, 4) is 0 Å². The first-order valence-corrected chi connectivity index (χ1v) is 6.08. The number of benzene rings is 1. The van der Waals surface area contributed by atoms with Crippen molar-refractivity contribution in [2.75, 3.05) is 0 Å². The van der Waals surface area contributed by atoms with Crippen LogP contribution in [0.15, 0.2) is 22.7 Å². The van der Waals surface area contributed by atoms with Gasteiger partial charge in [-0.15, -0.1) is 0 Å². The second-order valence-corrected chi connectivity index (χ2v) is 4.75. The number of hydrogen-bond donors (Lipinski definition) is 1. The maximum atomic E-state index is 13.3. The standard InChI is InChI=1S/C12H13BrF2O2/c1-2-3-4-8-5-9(7-10(13)6-8)12(14,15)11(16)17/h5-7H,2-4H2,1H3,(H,16,17). The monoisotopic (exact) mass is 306 g/mol. The van der Waals surface area contributed by atoms with Crippen LogP contribution < -0.4 is 0 Å². The van der Waals surface area contributed by atoms with Gasteiger partial charge in [0.25, 0.3) is 0 Å². The Bertz CT molecular complexity index is 419. The van der Waals surface area contributed by atoms with Crippen molar-refractivity contribution < 1.29 is 18.7 Å². The van der Waals surface area contributed by atoms with Gasteiger partial charge in [0.05, 0.1) is 0 Å². The number of unbranched alkanes of at least 4 members (excludes halogenated alkanes) is 1. The molecule has 0 aliphatic rings. The molecule has 0 spiro atoms. The molecular weight excluding hydrogens is 294 g/mol. The van der Waals surface area contributed by atoms with Crippen LogP contribution in [0, 0.1) is 0 Å². The largest absolute Gasteiger partial charge is 0.477 e. The number of aryl methyl sites for hydroxylation is 1. The number of carbonyl (C=O) groups is 1. The van der Waals surface area contributed by atoms with Crippen LogP contribution in [0.4, 0.5) is 8.78 Å². The van der Waals surface area contributed by atoms with Crippen LogP contribution in [0.2, 0.25) is 0 Å². The Hall–Kier alpha value is -0.970. The molecule has 0 amide bonds. The predicted molar refractivity (Wildman–Crippen MR) is 64.3 cm³/mol. The van der Waals surface area contributed by atoms with Crippen LogP contribution in [0.3, 0.4) is 0 Å². The average molecular weight is 307 g/mol. The first kappa shape index (κ1) is 14.1. The molecule has 17 heavy (non-hydrogen) atoms. The summed E-state index contributed by atoms with van der Waals surface area (Å²) in [5.41, 5.74) is 0.239. The van der Waals surface area contributed by atoms with Crippen LogP contribution in [0.5, 0.6) is 0 Å². The molecule has 1 N–H and O–H groups in total. The van der Waals surface area contributed by atoms with Gasteiger partial charge in [0.2, 0.25) is 0 Å². The van der Waals surface area contributed by atoms with Crippen molar-refractivity contribution in [2.45, 2.75) is 32.1 Å². The molecular formula is C12H13BrF2O2. The summed E-state index contributed by atoms with van der Waals surface area (Å²) < 4.78 is 27.2. The highest BCUT2D eigenvalue weighted by Crippen LogP contribution is 2.31. The molecule has 0 aromatic heterocycles. The molecule has 0 saturated carbocycles. The molecule has 0 atom stereocenters. The first-order valence-electron chi connectivity index (χ1n) is 5.29. The maximum Gasteiger partial charge on any atom is 0.379 e. The smallest absolute Gasteiger partial charge is 0.379 e. The van der Waals surface area contributed by atoms with Crippen LogP contribution in [-0.4, -0.2) is 11.1 Å². The van der Waals surface area contributed by atoms with Crippen molar-refractivity contribution in [3.63, 3.8) is 0 Å². The fourth-order valence-electron chi connectivity index (χ4n) is 1.48. The number of carboxylic acids is 1. The lowest BCUT2D eigenvalue weighted by atomic mass is 10.0. The maximum absolute atomic E-state index is 13.3. The Morgan fingerprint density at radius 3 is 2.59 bits per heavy atom. The molecule has 0 aliphatic heterocycles. The Morgan fingerprint density at radius 1 is 1.41 bits per heavy atom. The molecule has 1 rings (SSSR count). The first-order chi connectivity index (χ1) is 7.87. The van der Waals surface area contributed by atoms with Crippen molar-refractivity contribution in [1.82, 2.24) is 0 Å². The normalized spacial score (nSPS) is 11.5. The summed E-state index contributed by atoms with van der Waals surface area (Å²) in [4.78, 5) is 10.5. The van der Waals surface area contributed by atoms with Crippen LogP contribution in [-0.2, 0) is 17.1 Å². The molecule has 0 fully saturated rings. The Labute approximate surface area is 107 Å². The van der Waals surface area contributed by atoms with Crippen molar-refractivity contribution >= 4 is 21.9 Å². The van der Waals surface area contributed by atoms with Gasteiger partial charge in [-0.2, -0.15) is 8.78 Å². The van der Waals surface area contributed by atoms with Gasteiger partial charge in [0.15, 0.2) is 0 Å². The van der Waals surface area contributed by atoms with Crippen molar-refractivity contribution in [2.24, 2.45) is 0 Å². The topological polar surface area (TPSA) is 37.3 Å². The van der Waals surface area contributed by atoms with Crippen molar-refractivity contribution in [3.05, 3.63) is 33.8 Å². The summed E-state index contributed by atoms with van der Waals surface area (Å²) in [6, 6.07) is 4.13. The van der Waals surface area contributed by atoms with E-state index in [-0.39, 0.29) is 0 Å². The molecule has 1 aromatic carbocycles. The summed E-state index contributed by atoms with van der Waals surface area (Å²) in [5, 5.41) is 8.49. The summed E-state index contributed by atoms with van der Waals surface area (Å²) in [6.07, 6.45) is 2.50. The molecule has 0 saturated heterocycles. The molecule has 0 unspecified atom stereocenters. The van der Waals surface area contributed by atoms with E-state index in [4.69, 9.17) is 5.11 Å². The van der Waals surface area contributed by atoms with Gasteiger partial charge in [-0.3, -0.25) is 0 Å². The van der Waals surface area contributed by atoms with Gasteiger partial charge in [0.1, 0.15) is 0 Å². The van der Waals surface area contributed by atoms with E-state index in [9.17, 15) is 13.6 Å². The zero-order chi connectivity index (χ0) is 13.1. The van der Waals surface area contributed by atoms with E-state index in [0.29, 0.717) is 10.9 Å². The molecule has 94 valence electrons. The zero-order valence-electron chi connectivity index (χ0n) is 9.34. The molecule has 0 heterocycles. The number of aliphatic carboxylic acids is 1. The quantitative estimate of drug-likeness (QED) is 0.894. The Morgan fingerprint density at radius 2 is 2.06 bits per heavy atom. The highest BCUT2D eigenvalue weighted by molar-refractivity contribution is 9.10. The van der Waals surface area contributed by atoms with E-state index in [2.05, 4.69) is 15.9 Å². The number of carboxylic acid groups (broad SMARTS) is 1. The molecule has 0 aliphatic carbocycles. The second-order valence-electron chi connectivity index (χ2n) is 3.83. The lowest BCUT2D eigenvalue weighted by molar-refractivity contribution is -0.166.